The molecule has 0 fully saturated rings. The lowest BCUT2D eigenvalue weighted by molar-refractivity contribution is 0.0230. The quantitative estimate of drug-likeness (QED) is 0.822. The van der Waals surface area contributed by atoms with Crippen molar-refractivity contribution in [1.82, 2.24) is 9.88 Å². The van der Waals surface area contributed by atoms with Crippen LogP contribution in [0.2, 0.25) is 0 Å². The smallest absolute Gasteiger partial charge is 0.256 e. The molecule has 0 saturated carbocycles. The van der Waals surface area contributed by atoms with Crippen LogP contribution >= 0.6 is 0 Å². The molecule has 1 aromatic heterocycles. The minimum atomic E-state index is -0.419. The lowest BCUT2D eigenvalue weighted by Gasteiger charge is -2.38. The number of methoxy groups -OCH3 is 1. The van der Waals surface area contributed by atoms with Crippen molar-refractivity contribution in [2.45, 2.75) is 25.9 Å². The van der Waals surface area contributed by atoms with E-state index in [0.717, 1.165) is 5.56 Å². The van der Waals surface area contributed by atoms with Gasteiger partial charge in [-0.25, -0.2) is 0 Å². The Hall–Kier alpha value is -2.20. The zero-order valence-corrected chi connectivity index (χ0v) is 13.3. The van der Waals surface area contributed by atoms with Crippen LogP contribution in [0.1, 0.15) is 29.8 Å². The lowest BCUT2D eigenvalue weighted by atomic mass is 10.0. The van der Waals surface area contributed by atoms with E-state index in [9.17, 15) is 4.79 Å². The number of benzene rings is 1. The van der Waals surface area contributed by atoms with E-state index in [1.807, 2.05) is 49.1 Å². The maximum absolute atomic E-state index is 12.9. The summed E-state index contributed by atoms with van der Waals surface area (Å²) in [6.07, 6.45) is 3.27. The van der Waals surface area contributed by atoms with Gasteiger partial charge in [-0.05, 0) is 31.5 Å². The number of rotatable bonds is 6. The van der Waals surface area contributed by atoms with Crippen LogP contribution in [0.4, 0.5) is 0 Å². The molecule has 2 aromatic rings. The van der Waals surface area contributed by atoms with Gasteiger partial charge in [-0.15, -0.1) is 0 Å². The van der Waals surface area contributed by atoms with Gasteiger partial charge in [-0.1, -0.05) is 30.3 Å². The molecule has 0 unspecified atom stereocenters. The second-order valence-corrected chi connectivity index (χ2v) is 5.86. The molecular formula is C18H22N2O2. The van der Waals surface area contributed by atoms with Gasteiger partial charge in [0.25, 0.3) is 5.91 Å². The highest BCUT2D eigenvalue weighted by Crippen LogP contribution is 2.21. The number of carbonyl (C=O) groups is 1. The Morgan fingerprint density at radius 2 is 1.91 bits per heavy atom. The zero-order chi connectivity index (χ0) is 16.0. The average molecular weight is 298 g/mol. The molecule has 0 bridgehead atoms. The Balaban J connectivity index is 2.31. The van der Waals surface area contributed by atoms with Crippen molar-refractivity contribution in [3.8, 4) is 0 Å². The van der Waals surface area contributed by atoms with Gasteiger partial charge in [-0.3, -0.25) is 9.78 Å². The van der Waals surface area contributed by atoms with E-state index in [1.54, 1.807) is 31.6 Å². The predicted octanol–water partition coefficient (Wildman–Crippen LogP) is 3.15. The zero-order valence-electron chi connectivity index (χ0n) is 13.3. The normalized spacial score (nSPS) is 11.2. The first kappa shape index (κ1) is 16.2. The Kier molecular flexibility index (Phi) is 5.28. The third kappa shape index (κ3) is 3.92. The predicted molar refractivity (Wildman–Crippen MR) is 86.5 cm³/mol. The minimum Gasteiger partial charge on any atom is -0.382 e. The summed E-state index contributed by atoms with van der Waals surface area (Å²) in [7, 11) is 1.65. The van der Waals surface area contributed by atoms with Crippen LogP contribution < -0.4 is 0 Å². The Morgan fingerprint density at radius 3 is 2.50 bits per heavy atom. The third-order valence-electron chi connectivity index (χ3n) is 3.57. The average Bonchev–Trinajstić information content (AvgIpc) is 2.53. The summed E-state index contributed by atoms with van der Waals surface area (Å²) < 4.78 is 5.30. The maximum Gasteiger partial charge on any atom is 0.256 e. The van der Waals surface area contributed by atoms with E-state index in [-0.39, 0.29) is 5.91 Å². The topological polar surface area (TPSA) is 42.4 Å². The van der Waals surface area contributed by atoms with E-state index in [4.69, 9.17) is 4.74 Å². The van der Waals surface area contributed by atoms with E-state index in [0.29, 0.717) is 18.7 Å². The Labute approximate surface area is 131 Å². The summed E-state index contributed by atoms with van der Waals surface area (Å²) in [6, 6.07) is 13.5. The van der Waals surface area contributed by atoms with Gasteiger partial charge >= 0.3 is 0 Å². The maximum atomic E-state index is 12.9. The van der Waals surface area contributed by atoms with E-state index >= 15 is 0 Å². The van der Waals surface area contributed by atoms with Gasteiger partial charge in [0.1, 0.15) is 0 Å². The SMILES string of the molecule is COCC(C)(C)N(Cc1ccccc1)C(=O)c1cccnc1. The third-order valence-corrected chi connectivity index (χ3v) is 3.57. The Morgan fingerprint density at radius 1 is 1.18 bits per heavy atom. The number of carbonyl (C=O) groups excluding carboxylic acids is 1. The van der Waals surface area contributed by atoms with Crippen molar-refractivity contribution in [3.05, 3.63) is 66.0 Å². The first-order chi connectivity index (χ1) is 10.5. The van der Waals surface area contributed by atoms with Gasteiger partial charge in [0, 0.05) is 26.0 Å². The van der Waals surface area contributed by atoms with Gasteiger partial charge in [0.15, 0.2) is 0 Å². The van der Waals surface area contributed by atoms with E-state index < -0.39 is 5.54 Å². The highest BCUT2D eigenvalue weighted by atomic mass is 16.5. The molecule has 2 rings (SSSR count). The second-order valence-electron chi connectivity index (χ2n) is 5.86. The van der Waals surface area contributed by atoms with Crippen molar-refractivity contribution < 1.29 is 9.53 Å². The summed E-state index contributed by atoms with van der Waals surface area (Å²) in [5.41, 5.74) is 1.25. The van der Waals surface area contributed by atoms with Crippen molar-refractivity contribution in [2.75, 3.05) is 13.7 Å². The molecular weight excluding hydrogens is 276 g/mol. The van der Waals surface area contributed by atoms with Crippen LogP contribution in [0.5, 0.6) is 0 Å². The van der Waals surface area contributed by atoms with Gasteiger partial charge in [0.2, 0.25) is 0 Å². The molecule has 22 heavy (non-hydrogen) atoms. The molecule has 116 valence electrons. The molecule has 0 aliphatic rings. The van der Waals surface area contributed by atoms with Gasteiger partial charge < -0.3 is 9.64 Å². The summed E-state index contributed by atoms with van der Waals surface area (Å²) >= 11 is 0. The molecule has 0 saturated heterocycles. The lowest BCUT2D eigenvalue weighted by Crippen LogP contribution is -2.50. The number of pyridine rings is 1. The largest absolute Gasteiger partial charge is 0.382 e. The standard InChI is InChI=1S/C18H22N2O2/c1-18(2,14-22-3)20(13-15-8-5-4-6-9-15)17(21)16-10-7-11-19-12-16/h4-12H,13-14H2,1-3H3. The van der Waals surface area contributed by atoms with Crippen LogP contribution in [0.25, 0.3) is 0 Å². The molecule has 1 amide bonds. The van der Waals surface area contributed by atoms with Crippen molar-refractivity contribution in [2.24, 2.45) is 0 Å². The molecule has 0 aliphatic carbocycles. The van der Waals surface area contributed by atoms with Crippen LogP contribution in [0, 0.1) is 0 Å². The molecule has 4 nitrogen and oxygen atoms in total. The summed E-state index contributed by atoms with van der Waals surface area (Å²) in [4.78, 5) is 18.8. The summed E-state index contributed by atoms with van der Waals surface area (Å²) in [6.45, 7) is 5.01. The Bertz CT molecular complexity index is 597. The first-order valence-corrected chi connectivity index (χ1v) is 7.29. The second kappa shape index (κ2) is 7.18. The fourth-order valence-corrected chi connectivity index (χ4v) is 2.40. The summed E-state index contributed by atoms with van der Waals surface area (Å²) in [5.74, 6) is -0.0426. The monoisotopic (exact) mass is 298 g/mol. The van der Waals surface area contributed by atoms with Crippen molar-refractivity contribution >= 4 is 5.91 Å². The van der Waals surface area contributed by atoms with Crippen LogP contribution in [0.3, 0.4) is 0 Å². The van der Waals surface area contributed by atoms with Crippen LogP contribution in [-0.2, 0) is 11.3 Å². The molecule has 4 heteroatoms. The molecule has 0 N–H and O–H groups in total. The number of ether oxygens (including phenoxy) is 1. The highest BCUT2D eigenvalue weighted by molar-refractivity contribution is 5.94. The van der Waals surface area contributed by atoms with Gasteiger partial charge in [0.05, 0.1) is 17.7 Å². The number of amides is 1. The molecule has 1 aromatic carbocycles. The molecule has 0 spiro atoms. The molecule has 0 radical (unpaired) electrons. The molecule has 0 atom stereocenters. The molecule has 0 aliphatic heterocycles. The van der Waals surface area contributed by atoms with Crippen molar-refractivity contribution in [1.29, 1.82) is 0 Å². The van der Waals surface area contributed by atoms with Crippen molar-refractivity contribution in [3.63, 3.8) is 0 Å². The van der Waals surface area contributed by atoms with E-state index in [1.165, 1.54) is 0 Å². The number of aromatic nitrogens is 1. The summed E-state index contributed by atoms with van der Waals surface area (Å²) in [5, 5.41) is 0. The highest BCUT2D eigenvalue weighted by Gasteiger charge is 2.31. The fraction of sp³-hybridized carbons (Fsp3) is 0.333. The van der Waals surface area contributed by atoms with E-state index in [2.05, 4.69) is 4.98 Å². The van der Waals surface area contributed by atoms with Crippen LogP contribution in [-0.4, -0.2) is 35.0 Å². The number of hydrogen-bond acceptors (Lipinski definition) is 3. The minimum absolute atomic E-state index is 0.0426. The number of nitrogens with zero attached hydrogens (tertiary/aromatic N) is 2. The van der Waals surface area contributed by atoms with Gasteiger partial charge in [-0.2, -0.15) is 0 Å². The van der Waals surface area contributed by atoms with Crippen LogP contribution in [0.15, 0.2) is 54.9 Å². The molecule has 1 heterocycles. The fourth-order valence-electron chi connectivity index (χ4n) is 2.40. The first-order valence-electron chi connectivity index (χ1n) is 7.29. The number of hydrogen-bond donors (Lipinski definition) is 0.